The largest absolute Gasteiger partial charge is 0.418 e. The lowest BCUT2D eigenvalue weighted by atomic mass is 9.86. The predicted molar refractivity (Wildman–Crippen MR) is 82.3 cm³/mol. The van der Waals surface area contributed by atoms with E-state index in [2.05, 4.69) is 6.92 Å². The van der Waals surface area contributed by atoms with Gasteiger partial charge in [0.25, 0.3) is 5.56 Å². The average Bonchev–Trinajstić information content (AvgIpc) is 2.75. The fourth-order valence-electron chi connectivity index (χ4n) is 5.76. The molecule has 0 saturated heterocycles. The number of halogens is 4. The molecule has 0 amide bonds. The first-order valence-electron chi connectivity index (χ1n) is 8.31. The Morgan fingerprint density at radius 2 is 2.00 bits per heavy atom. The third-order valence-electron chi connectivity index (χ3n) is 6.86. The van der Waals surface area contributed by atoms with Crippen molar-refractivity contribution in [2.75, 3.05) is 0 Å². The lowest BCUT2D eigenvalue weighted by molar-refractivity contribution is -0.137. The summed E-state index contributed by atoms with van der Waals surface area (Å²) in [5.41, 5.74) is -0.397. The lowest BCUT2D eigenvalue weighted by Crippen LogP contribution is -2.26. The van der Waals surface area contributed by atoms with E-state index >= 15 is 0 Å². The summed E-state index contributed by atoms with van der Waals surface area (Å²) in [5, 5.41) is 0. The van der Waals surface area contributed by atoms with Crippen LogP contribution in [-0.4, -0.2) is 9.36 Å². The average molecular weight is 352 g/mol. The summed E-state index contributed by atoms with van der Waals surface area (Å²) in [6.07, 6.45) is -1.82. The highest BCUT2D eigenvalue weighted by molar-refractivity contribution is 5.56. The minimum Gasteiger partial charge on any atom is -0.284 e. The maximum absolute atomic E-state index is 13.7. The Morgan fingerprint density at radius 3 is 2.60 bits per heavy atom. The van der Waals surface area contributed by atoms with Gasteiger partial charge in [-0.05, 0) is 42.7 Å². The molecule has 3 nitrogen and oxygen atoms in total. The molecule has 3 aliphatic carbocycles. The zero-order valence-corrected chi connectivity index (χ0v) is 13.7. The maximum Gasteiger partial charge on any atom is 0.418 e. The molecule has 25 heavy (non-hydrogen) atoms. The molecule has 2 fully saturated rings. The van der Waals surface area contributed by atoms with Gasteiger partial charge in [-0.15, -0.1) is 0 Å². The Morgan fingerprint density at radius 1 is 1.28 bits per heavy atom. The van der Waals surface area contributed by atoms with E-state index < -0.39 is 28.8 Å². The van der Waals surface area contributed by atoms with Crippen molar-refractivity contribution < 1.29 is 17.6 Å². The van der Waals surface area contributed by atoms with E-state index in [9.17, 15) is 22.4 Å². The van der Waals surface area contributed by atoms with Crippen molar-refractivity contribution in [2.24, 2.45) is 12.5 Å². The van der Waals surface area contributed by atoms with E-state index in [4.69, 9.17) is 0 Å². The standard InChI is InChI=1S/C18H16F4N2O/c1-16-8-17(16)6-5-11(16)13-14(17)23(2)24(15(13)25)12-7-9(19)3-4-10(12)18(20,21)22/h3-4,7,11H,5-6,8H2,1-2H3/t11-,16?,17-/m1/s1. The molecule has 2 bridgehead atoms. The molecule has 1 unspecified atom stereocenters. The number of hydrogen-bond donors (Lipinski definition) is 0. The van der Waals surface area contributed by atoms with E-state index in [0.29, 0.717) is 11.6 Å². The Hall–Kier alpha value is -2.05. The van der Waals surface area contributed by atoms with Crippen molar-refractivity contribution in [3.8, 4) is 5.69 Å². The number of fused-ring (bicyclic) bond motifs is 2. The van der Waals surface area contributed by atoms with E-state index in [0.717, 1.165) is 41.8 Å². The fraction of sp³-hybridized carbons (Fsp3) is 0.500. The zero-order valence-electron chi connectivity index (χ0n) is 13.7. The molecular formula is C18H16F4N2O. The molecule has 7 heteroatoms. The van der Waals surface area contributed by atoms with Gasteiger partial charge in [0.15, 0.2) is 0 Å². The van der Waals surface area contributed by atoms with Crippen LogP contribution in [0.1, 0.15) is 48.9 Å². The van der Waals surface area contributed by atoms with Crippen LogP contribution in [0.25, 0.3) is 5.69 Å². The molecule has 1 aromatic heterocycles. The van der Waals surface area contributed by atoms with Gasteiger partial charge in [-0.2, -0.15) is 13.2 Å². The molecule has 0 spiro atoms. The van der Waals surface area contributed by atoms with E-state index in [-0.39, 0.29) is 16.7 Å². The van der Waals surface area contributed by atoms with Gasteiger partial charge in [0.2, 0.25) is 0 Å². The summed E-state index contributed by atoms with van der Waals surface area (Å²) in [5.74, 6) is -0.695. The summed E-state index contributed by atoms with van der Waals surface area (Å²) in [6, 6.07) is 2.27. The van der Waals surface area contributed by atoms with Crippen molar-refractivity contribution in [1.82, 2.24) is 9.36 Å². The van der Waals surface area contributed by atoms with E-state index in [1.165, 1.54) is 4.68 Å². The maximum atomic E-state index is 13.7. The number of nitrogens with zero attached hydrogens (tertiary/aromatic N) is 2. The van der Waals surface area contributed by atoms with E-state index in [1.807, 2.05) is 0 Å². The summed E-state index contributed by atoms with van der Waals surface area (Å²) in [6.45, 7) is 2.16. The van der Waals surface area contributed by atoms with Gasteiger partial charge in [-0.25, -0.2) is 9.07 Å². The monoisotopic (exact) mass is 352 g/mol. The molecule has 2 saturated carbocycles. The van der Waals surface area contributed by atoms with Crippen molar-refractivity contribution in [3.63, 3.8) is 0 Å². The first kappa shape index (κ1) is 15.2. The lowest BCUT2D eigenvalue weighted by Gasteiger charge is -2.20. The molecule has 1 heterocycles. The number of benzene rings is 1. The third kappa shape index (κ3) is 1.51. The zero-order chi connectivity index (χ0) is 17.9. The van der Waals surface area contributed by atoms with Gasteiger partial charge in [0, 0.05) is 24.1 Å². The molecular weight excluding hydrogens is 336 g/mol. The first-order valence-corrected chi connectivity index (χ1v) is 8.31. The topological polar surface area (TPSA) is 26.9 Å². The van der Waals surface area contributed by atoms with Crippen molar-refractivity contribution in [3.05, 3.63) is 51.2 Å². The van der Waals surface area contributed by atoms with Gasteiger partial charge in [-0.3, -0.25) is 9.48 Å². The van der Waals surface area contributed by atoms with Crippen molar-refractivity contribution in [1.29, 1.82) is 0 Å². The van der Waals surface area contributed by atoms with Crippen LogP contribution in [0.2, 0.25) is 0 Å². The normalized spacial score (nSPS) is 32.0. The summed E-state index contributed by atoms with van der Waals surface area (Å²) in [7, 11) is 1.61. The SMILES string of the molecule is Cn1c2c(c(=O)n1-c1cc(F)ccc1C(F)(F)F)[C@H]1CC[C@@]23CC13C. The highest BCUT2D eigenvalue weighted by Gasteiger charge is 2.78. The van der Waals surface area contributed by atoms with Crippen LogP contribution < -0.4 is 5.56 Å². The highest BCUT2D eigenvalue weighted by atomic mass is 19.4. The molecule has 3 atom stereocenters. The van der Waals surface area contributed by atoms with Gasteiger partial charge >= 0.3 is 6.18 Å². The predicted octanol–water partition coefficient (Wildman–Crippen LogP) is 3.87. The van der Waals surface area contributed by atoms with E-state index in [1.54, 1.807) is 7.05 Å². The first-order chi connectivity index (χ1) is 11.6. The number of rotatable bonds is 1. The molecule has 0 N–H and O–H groups in total. The quantitative estimate of drug-likeness (QED) is 0.716. The smallest absolute Gasteiger partial charge is 0.284 e. The second kappa shape index (κ2) is 4.02. The molecule has 3 aliphatic rings. The molecule has 0 aliphatic heterocycles. The van der Waals surface area contributed by atoms with Crippen LogP contribution in [0.15, 0.2) is 23.0 Å². The van der Waals surface area contributed by atoms with Crippen molar-refractivity contribution in [2.45, 2.75) is 43.7 Å². The van der Waals surface area contributed by atoms with Crippen LogP contribution in [0.3, 0.4) is 0 Å². The van der Waals surface area contributed by atoms with Gasteiger partial charge in [0.1, 0.15) is 5.82 Å². The van der Waals surface area contributed by atoms with Crippen LogP contribution in [-0.2, 0) is 18.6 Å². The molecule has 5 rings (SSSR count). The molecule has 1 aromatic carbocycles. The van der Waals surface area contributed by atoms with Gasteiger partial charge < -0.3 is 0 Å². The van der Waals surface area contributed by atoms with Gasteiger partial charge in [0.05, 0.1) is 16.9 Å². The van der Waals surface area contributed by atoms with Crippen LogP contribution in [0, 0.1) is 11.2 Å². The Kier molecular flexibility index (Phi) is 2.45. The Bertz CT molecular complexity index is 998. The number of alkyl halides is 3. The second-order valence-corrected chi connectivity index (χ2v) is 7.83. The fourth-order valence-corrected chi connectivity index (χ4v) is 5.76. The second-order valence-electron chi connectivity index (χ2n) is 7.83. The Labute approximate surface area is 140 Å². The summed E-state index contributed by atoms with van der Waals surface area (Å²) >= 11 is 0. The molecule has 132 valence electrons. The van der Waals surface area contributed by atoms with Crippen LogP contribution in [0.4, 0.5) is 17.6 Å². The third-order valence-corrected chi connectivity index (χ3v) is 6.86. The Balaban J connectivity index is 1.81. The summed E-state index contributed by atoms with van der Waals surface area (Å²) < 4.78 is 56.4. The number of aromatic nitrogens is 2. The minimum atomic E-state index is -4.66. The summed E-state index contributed by atoms with van der Waals surface area (Å²) in [4.78, 5) is 13.0. The highest BCUT2D eigenvalue weighted by Crippen LogP contribution is 2.83. The van der Waals surface area contributed by atoms with Gasteiger partial charge in [-0.1, -0.05) is 6.92 Å². The van der Waals surface area contributed by atoms with Crippen LogP contribution >= 0.6 is 0 Å². The van der Waals surface area contributed by atoms with Crippen molar-refractivity contribution >= 4 is 0 Å². The molecule has 2 aromatic rings. The van der Waals surface area contributed by atoms with Crippen LogP contribution in [0.5, 0.6) is 0 Å². The molecule has 0 radical (unpaired) electrons. The number of hydrogen-bond acceptors (Lipinski definition) is 1. The minimum absolute atomic E-state index is 0.0719.